The number of aliphatic hydroxyl groups is 1. The number of rotatable bonds is 6. The van der Waals surface area contributed by atoms with Gasteiger partial charge in [0.2, 0.25) is 0 Å². The third-order valence-electron chi connectivity index (χ3n) is 6.92. The number of para-hydroxylation sites is 1. The molecule has 5 rings (SSSR count). The quantitative estimate of drug-likeness (QED) is 0.606. The second kappa shape index (κ2) is 8.50. The summed E-state index contributed by atoms with van der Waals surface area (Å²) in [7, 11) is 0. The molecular weight excluding hydrogens is 411 g/mol. The first-order valence-corrected chi connectivity index (χ1v) is 11.3. The third kappa shape index (κ3) is 3.62. The van der Waals surface area contributed by atoms with Crippen molar-refractivity contribution < 1.29 is 19.4 Å². The summed E-state index contributed by atoms with van der Waals surface area (Å²) >= 11 is 0. The molecule has 0 spiro atoms. The third-order valence-corrected chi connectivity index (χ3v) is 6.92. The van der Waals surface area contributed by atoms with Crippen LogP contribution in [0.4, 0.5) is 10.1 Å². The van der Waals surface area contributed by atoms with Crippen LogP contribution in [0, 0.1) is 5.92 Å². The van der Waals surface area contributed by atoms with E-state index >= 15 is 0 Å². The van der Waals surface area contributed by atoms with Gasteiger partial charge in [0.25, 0.3) is 0 Å². The number of fused-ring (bicyclic) bond motifs is 1. The summed E-state index contributed by atoms with van der Waals surface area (Å²) in [6, 6.07) is 11.3. The van der Waals surface area contributed by atoms with Gasteiger partial charge in [-0.3, -0.25) is 0 Å². The number of nitrogens with zero attached hydrogens (tertiary/aromatic N) is 4. The fourth-order valence-corrected chi connectivity index (χ4v) is 4.85. The molecule has 1 aliphatic carbocycles. The summed E-state index contributed by atoms with van der Waals surface area (Å²) in [5.41, 5.74) is 3.15. The molecule has 1 saturated carbocycles. The zero-order valence-corrected chi connectivity index (χ0v) is 17.8. The SMILES string of the molecule is O=C(O)c1cc(N2CCC([C@H](F)CO)CC2)c2c(C3CCC3)nn(-c3ccccc3)c2n1. The number of hydrogen-bond donors (Lipinski definition) is 2. The van der Waals surface area contributed by atoms with Crippen molar-refractivity contribution in [2.24, 2.45) is 5.92 Å². The highest BCUT2D eigenvalue weighted by Crippen LogP contribution is 2.43. The highest BCUT2D eigenvalue weighted by molar-refractivity contribution is 5.98. The molecule has 2 N–H and O–H groups in total. The predicted molar refractivity (Wildman–Crippen MR) is 119 cm³/mol. The van der Waals surface area contributed by atoms with Crippen LogP contribution in [0.25, 0.3) is 16.7 Å². The van der Waals surface area contributed by atoms with Crippen LogP contribution in [0.1, 0.15) is 54.2 Å². The number of alkyl halides is 1. The maximum atomic E-state index is 14.0. The van der Waals surface area contributed by atoms with Crippen molar-refractivity contribution in [2.75, 3.05) is 24.6 Å². The lowest BCUT2D eigenvalue weighted by molar-refractivity contribution is 0.0691. The summed E-state index contributed by atoms with van der Waals surface area (Å²) in [5, 5.41) is 24.8. The maximum Gasteiger partial charge on any atom is 0.354 e. The largest absolute Gasteiger partial charge is 0.477 e. The molecule has 0 radical (unpaired) electrons. The molecular formula is C24H27FN4O3. The Labute approximate surface area is 185 Å². The van der Waals surface area contributed by atoms with Gasteiger partial charge in [-0.25, -0.2) is 18.9 Å². The topological polar surface area (TPSA) is 91.5 Å². The molecule has 3 heterocycles. The van der Waals surface area contributed by atoms with Crippen LogP contribution in [-0.2, 0) is 0 Å². The number of carbonyl (C=O) groups is 1. The average Bonchev–Trinajstić information content (AvgIpc) is 3.16. The Kier molecular flexibility index (Phi) is 5.55. The van der Waals surface area contributed by atoms with Crippen molar-refractivity contribution in [3.05, 3.63) is 47.8 Å². The minimum absolute atomic E-state index is 0.0226. The zero-order chi connectivity index (χ0) is 22.2. The van der Waals surface area contributed by atoms with Crippen LogP contribution in [0.15, 0.2) is 36.4 Å². The monoisotopic (exact) mass is 438 g/mol. The number of carboxylic acids is 1. The zero-order valence-electron chi connectivity index (χ0n) is 17.8. The summed E-state index contributed by atoms with van der Waals surface area (Å²) < 4.78 is 15.8. The van der Waals surface area contributed by atoms with E-state index in [1.165, 1.54) is 0 Å². The minimum Gasteiger partial charge on any atom is -0.477 e. The highest BCUT2D eigenvalue weighted by Gasteiger charge is 2.32. The van der Waals surface area contributed by atoms with E-state index in [-0.39, 0.29) is 11.6 Å². The van der Waals surface area contributed by atoms with Crippen molar-refractivity contribution in [3.8, 4) is 5.69 Å². The molecule has 2 aromatic heterocycles. The molecule has 2 aliphatic rings. The Bertz CT molecular complexity index is 1120. The van der Waals surface area contributed by atoms with E-state index in [0.717, 1.165) is 41.7 Å². The number of pyridine rings is 1. The number of halogens is 1. The Morgan fingerprint density at radius 3 is 2.47 bits per heavy atom. The normalized spacial score (nSPS) is 18.6. The lowest BCUT2D eigenvalue weighted by Crippen LogP contribution is -2.38. The van der Waals surface area contributed by atoms with Crippen LogP contribution in [0.3, 0.4) is 0 Å². The van der Waals surface area contributed by atoms with Gasteiger partial charge < -0.3 is 15.1 Å². The van der Waals surface area contributed by atoms with Crippen molar-refractivity contribution in [3.63, 3.8) is 0 Å². The number of anilines is 1. The fourth-order valence-electron chi connectivity index (χ4n) is 4.85. The minimum atomic E-state index is -1.21. The Hall–Kier alpha value is -3.00. The number of aromatic carboxylic acids is 1. The maximum absolute atomic E-state index is 14.0. The van der Waals surface area contributed by atoms with E-state index in [1.807, 2.05) is 30.3 Å². The van der Waals surface area contributed by atoms with Crippen LogP contribution in [-0.4, -0.2) is 56.8 Å². The van der Waals surface area contributed by atoms with Crippen LogP contribution >= 0.6 is 0 Å². The van der Waals surface area contributed by atoms with Gasteiger partial charge in [-0.15, -0.1) is 0 Å². The van der Waals surface area contributed by atoms with Crippen LogP contribution in [0.2, 0.25) is 0 Å². The van der Waals surface area contributed by atoms with Crippen molar-refractivity contribution in [1.82, 2.24) is 14.8 Å². The first kappa shape index (κ1) is 20.9. The molecule has 1 atom stereocenters. The second-order valence-electron chi connectivity index (χ2n) is 8.81. The molecule has 1 saturated heterocycles. The number of benzene rings is 1. The second-order valence-corrected chi connectivity index (χ2v) is 8.81. The number of aromatic nitrogens is 3. The van der Waals surface area contributed by atoms with Gasteiger partial charge in [0, 0.05) is 19.0 Å². The van der Waals surface area contributed by atoms with Gasteiger partial charge in [0.05, 0.1) is 29.1 Å². The molecule has 0 unspecified atom stereocenters. The van der Waals surface area contributed by atoms with Gasteiger partial charge in [-0.1, -0.05) is 24.6 Å². The molecule has 3 aromatic rings. The van der Waals surface area contributed by atoms with Gasteiger partial charge >= 0.3 is 5.97 Å². The Balaban J connectivity index is 1.65. The van der Waals surface area contributed by atoms with E-state index < -0.39 is 18.7 Å². The number of hydrogen-bond acceptors (Lipinski definition) is 5. The number of aliphatic hydroxyl groups excluding tert-OH is 1. The summed E-state index contributed by atoms with van der Waals surface area (Å²) in [4.78, 5) is 18.6. The molecule has 2 fully saturated rings. The highest BCUT2D eigenvalue weighted by atomic mass is 19.1. The standard InChI is InChI=1S/C24H27FN4O3/c25-18(14-30)15-9-11-28(12-10-15)20-13-19(24(31)32)26-23-21(20)22(16-5-4-6-16)27-29(23)17-7-2-1-3-8-17/h1-3,7-8,13,15-16,18,30H,4-6,9-12,14H2,(H,31,32)/t18-/m1/s1. The molecule has 1 aromatic carbocycles. The van der Waals surface area contributed by atoms with Gasteiger partial charge in [-0.2, -0.15) is 5.10 Å². The van der Waals surface area contributed by atoms with Crippen molar-refractivity contribution in [1.29, 1.82) is 0 Å². The molecule has 168 valence electrons. The first-order chi connectivity index (χ1) is 15.6. The van der Waals surface area contributed by atoms with E-state index in [1.54, 1.807) is 10.7 Å². The van der Waals surface area contributed by atoms with Crippen molar-refractivity contribution in [2.45, 2.75) is 44.2 Å². The van der Waals surface area contributed by atoms with Gasteiger partial charge in [0.15, 0.2) is 11.3 Å². The molecule has 0 amide bonds. The van der Waals surface area contributed by atoms with E-state index in [4.69, 9.17) is 5.10 Å². The summed E-state index contributed by atoms with van der Waals surface area (Å²) in [6.07, 6.45) is 3.28. The van der Waals surface area contributed by atoms with Crippen LogP contribution < -0.4 is 4.90 Å². The van der Waals surface area contributed by atoms with Gasteiger partial charge in [-0.05, 0) is 49.8 Å². The number of carboxylic acid groups (broad SMARTS) is 1. The lowest BCUT2D eigenvalue weighted by Gasteiger charge is -2.35. The Morgan fingerprint density at radius 1 is 1.16 bits per heavy atom. The summed E-state index contributed by atoms with van der Waals surface area (Å²) in [5.74, 6) is -0.926. The van der Waals surface area contributed by atoms with Gasteiger partial charge in [0.1, 0.15) is 6.17 Å². The first-order valence-electron chi connectivity index (χ1n) is 11.3. The van der Waals surface area contributed by atoms with E-state index in [9.17, 15) is 19.4 Å². The predicted octanol–water partition coefficient (Wildman–Crippen LogP) is 3.93. The average molecular weight is 439 g/mol. The molecule has 32 heavy (non-hydrogen) atoms. The molecule has 0 bridgehead atoms. The number of piperidine rings is 1. The smallest absolute Gasteiger partial charge is 0.354 e. The molecule has 1 aliphatic heterocycles. The lowest BCUT2D eigenvalue weighted by atomic mass is 9.81. The van der Waals surface area contributed by atoms with Crippen molar-refractivity contribution >= 4 is 22.7 Å². The summed E-state index contributed by atoms with van der Waals surface area (Å²) in [6.45, 7) is 0.747. The fraction of sp³-hybridized carbons (Fsp3) is 0.458. The molecule has 8 heteroatoms. The Morgan fingerprint density at radius 2 is 1.88 bits per heavy atom. The van der Waals surface area contributed by atoms with E-state index in [0.29, 0.717) is 37.5 Å². The molecule has 7 nitrogen and oxygen atoms in total. The van der Waals surface area contributed by atoms with E-state index in [2.05, 4.69) is 9.88 Å². The van der Waals surface area contributed by atoms with Crippen LogP contribution in [0.5, 0.6) is 0 Å².